The van der Waals surface area contributed by atoms with E-state index in [9.17, 15) is 4.79 Å². The van der Waals surface area contributed by atoms with Crippen LogP contribution in [0.25, 0.3) is 11.7 Å². The summed E-state index contributed by atoms with van der Waals surface area (Å²) in [5, 5.41) is 3.16. The van der Waals surface area contributed by atoms with Crippen LogP contribution in [-0.2, 0) is 11.2 Å². The molecule has 2 N–H and O–H groups in total. The molecule has 7 heteroatoms. The van der Waals surface area contributed by atoms with Gasteiger partial charge in [0.2, 0.25) is 5.91 Å². The van der Waals surface area contributed by atoms with E-state index >= 15 is 0 Å². The van der Waals surface area contributed by atoms with Crippen molar-refractivity contribution in [2.75, 3.05) is 6.54 Å². The van der Waals surface area contributed by atoms with Gasteiger partial charge in [-0.05, 0) is 18.2 Å². The van der Waals surface area contributed by atoms with Crippen LogP contribution >= 0.6 is 11.6 Å². The standard InChI is InChI=1S/C15H14ClN5O/c16-15-11(21-10-2-1-3-13(21)20-15)4-5-14(22)19-7-6-12-17-8-9-18-12/h1-5,8-10H,6-7H2,(H,17,18)(H,19,22)/b5-4+. The highest BCUT2D eigenvalue weighted by atomic mass is 35.5. The number of aromatic amines is 1. The van der Waals surface area contributed by atoms with E-state index in [1.54, 1.807) is 18.5 Å². The molecule has 0 aliphatic rings. The molecule has 0 atom stereocenters. The molecule has 0 aromatic carbocycles. The Morgan fingerprint density at radius 2 is 2.36 bits per heavy atom. The molecule has 0 aliphatic carbocycles. The van der Waals surface area contributed by atoms with Crippen molar-refractivity contribution in [2.24, 2.45) is 0 Å². The molecule has 3 aromatic rings. The van der Waals surface area contributed by atoms with E-state index in [0.717, 1.165) is 11.5 Å². The molecule has 0 unspecified atom stereocenters. The van der Waals surface area contributed by atoms with Crippen LogP contribution in [0.3, 0.4) is 0 Å². The average Bonchev–Trinajstić information content (AvgIpc) is 3.12. The second-order valence-electron chi connectivity index (χ2n) is 4.63. The Labute approximate surface area is 131 Å². The molecule has 0 saturated carbocycles. The van der Waals surface area contributed by atoms with E-state index in [-0.39, 0.29) is 5.91 Å². The first-order chi connectivity index (χ1) is 10.7. The molecular formula is C15H14ClN5O. The minimum atomic E-state index is -0.187. The molecule has 3 heterocycles. The third-order valence-corrected chi connectivity index (χ3v) is 3.41. The largest absolute Gasteiger partial charge is 0.352 e. The zero-order chi connectivity index (χ0) is 15.4. The Balaban J connectivity index is 1.62. The van der Waals surface area contributed by atoms with Gasteiger partial charge < -0.3 is 10.3 Å². The Kier molecular flexibility index (Phi) is 4.20. The molecule has 22 heavy (non-hydrogen) atoms. The van der Waals surface area contributed by atoms with E-state index < -0.39 is 0 Å². The lowest BCUT2D eigenvalue weighted by molar-refractivity contribution is -0.116. The molecule has 0 fully saturated rings. The highest BCUT2D eigenvalue weighted by molar-refractivity contribution is 6.31. The second-order valence-corrected chi connectivity index (χ2v) is 4.98. The maximum atomic E-state index is 11.8. The van der Waals surface area contributed by atoms with Gasteiger partial charge in [-0.3, -0.25) is 9.20 Å². The normalized spacial score (nSPS) is 11.3. The number of hydrogen-bond acceptors (Lipinski definition) is 3. The number of aromatic nitrogens is 4. The SMILES string of the molecule is O=C(/C=C/c1c(Cl)nc2ccccn12)NCCc1ncc[nH]1. The lowest BCUT2D eigenvalue weighted by Gasteiger charge is -2.00. The molecule has 0 bridgehead atoms. The van der Waals surface area contributed by atoms with Crippen LogP contribution in [0.4, 0.5) is 0 Å². The van der Waals surface area contributed by atoms with Crippen molar-refractivity contribution >= 4 is 29.2 Å². The van der Waals surface area contributed by atoms with Crippen LogP contribution < -0.4 is 5.32 Å². The van der Waals surface area contributed by atoms with Crippen LogP contribution in [0.15, 0.2) is 42.9 Å². The molecule has 6 nitrogen and oxygen atoms in total. The summed E-state index contributed by atoms with van der Waals surface area (Å²) < 4.78 is 1.83. The number of H-pyrrole nitrogens is 1. The van der Waals surface area contributed by atoms with Gasteiger partial charge >= 0.3 is 0 Å². The summed E-state index contributed by atoms with van der Waals surface area (Å²) in [5.74, 6) is 0.655. The topological polar surface area (TPSA) is 75.1 Å². The van der Waals surface area contributed by atoms with Gasteiger partial charge in [-0.1, -0.05) is 17.7 Å². The zero-order valence-corrected chi connectivity index (χ0v) is 12.4. The van der Waals surface area contributed by atoms with Crippen molar-refractivity contribution in [3.8, 4) is 0 Å². The summed E-state index contributed by atoms with van der Waals surface area (Å²) in [6, 6.07) is 5.62. The van der Waals surface area contributed by atoms with E-state index in [4.69, 9.17) is 11.6 Å². The predicted molar refractivity (Wildman–Crippen MR) is 84.5 cm³/mol. The molecule has 0 aliphatic heterocycles. The Morgan fingerprint density at radius 1 is 1.45 bits per heavy atom. The molecule has 112 valence electrons. The van der Waals surface area contributed by atoms with E-state index in [2.05, 4.69) is 20.3 Å². The summed E-state index contributed by atoms with van der Waals surface area (Å²) in [6.45, 7) is 0.511. The van der Waals surface area contributed by atoms with Gasteiger partial charge in [0.25, 0.3) is 0 Å². The van der Waals surface area contributed by atoms with Crippen molar-refractivity contribution < 1.29 is 4.79 Å². The molecule has 3 aromatic heterocycles. The quantitative estimate of drug-likeness (QED) is 0.708. The number of nitrogens with zero attached hydrogens (tertiary/aromatic N) is 3. The number of halogens is 1. The number of rotatable bonds is 5. The highest BCUT2D eigenvalue weighted by Gasteiger charge is 2.07. The molecule has 1 amide bonds. The fourth-order valence-electron chi connectivity index (χ4n) is 2.09. The van der Waals surface area contributed by atoms with Gasteiger partial charge in [0.15, 0.2) is 5.15 Å². The van der Waals surface area contributed by atoms with E-state index in [1.807, 2.05) is 28.8 Å². The third kappa shape index (κ3) is 3.17. The number of pyridine rings is 1. The fraction of sp³-hybridized carbons (Fsp3) is 0.133. The smallest absolute Gasteiger partial charge is 0.244 e. The molecule has 0 saturated heterocycles. The monoisotopic (exact) mass is 315 g/mol. The minimum absolute atomic E-state index is 0.187. The summed E-state index contributed by atoms with van der Waals surface area (Å²) in [7, 11) is 0. The van der Waals surface area contributed by atoms with Crippen molar-refractivity contribution in [3.63, 3.8) is 0 Å². The second kappa shape index (κ2) is 6.44. The van der Waals surface area contributed by atoms with Crippen molar-refractivity contribution in [3.05, 3.63) is 59.5 Å². The van der Waals surface area contributed by atoms with Crippen LogP contribution in [-0.4, -0.2) is 31.8 Å². The number of amides is 1. The van der Waals surface area contributed by atoms with Crippen molar-refractivity contribution in [1.29, 1.82) is 0 Å². The number of fused-ring (bicyclic) bond motifs is 1. The summed E-state index contributed by atoms with van der Waals surface area (Å²) in [4.78, 5) is 23.1. The third-order valence-electron chi connectivity index (χ3n) is 3.13. The van der Waals surface area contributed by atoms with Gasteiger partial charge in [0.05, 0.1) is 5.69 Å². The van der Waals surface area contributed by atoms with E-state index in [1.165, 1.54) is 6.08 Å². The predicted octanol–water partition coefficient (Wildman–Crippen LogP) is 2.08. The number of nitrogens with one attached hydrogen (secondary N) is 2. The molecule has 3 rings (SSSR count). The summed E-state index contributed by atoms with van der Waals surface area (Å²) >= 11 is 6.10. The minimum Gasteiger partial charge on any atom is -0.352 e. The highest BCUT2D eigenvalue weighted by Crippen LogP contribution is 2.18. The number of hydrogen-bond donors (Lipinski definition) is 2. The Bertz CT molecular complexity index is 807. The lowest BCUT2D eigenvalue weighted by atomic mass is 10.3. The summed E-state index contributed by atoms with van der Waals surface area (Å²) in [5.41, 5.74) is 1.42. The summed E-state index contributed by atoms with van der Waals surface area (Å²) in [6.07, 6.45) is 9.05. The first kappa shape index (κ1) is 14.3. The average molecular weight is 316 g/mol. The van der Waals surface area contributed by atoms with Gasteiger partial charge in [0.1, 0.15) is 11.5 Å². The number of imidazole rings is 2. The van der Waals surface area contributed by atoms with Crippen LogP contribution in [0.2, 0.25) is 5.15 Å². The lowest BCUT2D eigenvalue weighted by Crippen LogP contribution is -2.23. The van der Waals surface area contributed by atoms with Gasteiger partial charge in [-0.15, -0.1) is 0 Å². The van der Waals surface area contributed by atoms with E-state index in [0.29, 0.717) is 23.8 Å². The molecular weight excluding hydrogens is 302 g/mol. The van der Waals surface area contributed by atoms with Gasteiger partial charge in [0, 0.05) is 37.6 Å². The fourth-order valence-corrected chi connectivity index (χ4v) is 2.33. The number of carbonyl (C=O) groups excluding carboxylic acids is 1. The number of carbonyl (C=O) groups is 1. The molecule has 0 radical (unpaired) electrons. The maximum absolute atomic E-state index is 11.8. The van der Waals surface area contributed by atoms with Gasteiger partial charge in [-0.2, -0.15) is 0 Å². The Hall–Kier alpha value is -2.60. The van der Waals surface area contributed by atoms with Crippen molar-refractivity contribution in [2.45, 2.75) is 6.42 Å². The Morgan fingerprint density at radius 3 is 3.18 bits per heavy atom. The van der Waals surface area contributed by atoms with Crippen molar-refractivity contribution in [1.82, 2.24) is 24.7 Å². The van der Waals surface area contributed by atoms with Crippen LogP contribution in [0.5, 0.6) is 0 Å². The first-order valence-corrected chi connectivity index (χ1v) is 7.18. The van der Waals surface area contributed by atoms with Crippen LogP contribution in [0.1, 0.15) is 11.5 Å². The van der Waals surface area contributed by atoms with Crippen LogP contribution in [0, 0.1) is 0 Å². The molecule has 0 spiro atoms. The van der Waals surface area contributed by atoms with Gasteiger partial charge in [-0.25, -0.2) is 9.97 Å². The maximum Gasteiger partial charge on any atom is 0.244 e. The first-order valence-electron chi connectivity index (χ1n) is 6.81. The zero-order valence-electron chi connectivity index (χ0n) is 11.7.